The Bertz CT molecular complexity index is 416. The number of amides is 1. The first-order valence-electron chi connectivity index (χ1n) is 5.88. The second kappa shape index (κ2) is 8.10. The molecule has 0 saturated carbocycles. The lowest BCUT2D eigenvalue weighted by Gasteiger charge is -2.07. The molecular weight excluding hydrogens is 250 g/mol. The Kier molecular flexibility index (Phi) is 6.38. The van der Waals surface area contributed by atoms with Gasteiger partial charge in [0.1, 0.15) is 12.4 Å². The Morgan fingerprint density at radius 3 is 2.42 bits per heavy atom. The predicted molar refractivity (Wildman–Crippen MR) is 69.3 cm³/mol. The van der Waals surface area contributed by atoms with Gasteiger partial charge in [-0.25, -0.2) is 0 Å². The SMILES string of the molecule is CC(=O)Nc1ccc(OCCOCCC(=O)O)cc1. The number of nitrogens with one attached hydrogen (secondary N) is 1. The highest BCUT2D eigenvalue weighted by atomic mass is 16.5. The molecule has 6 heteroatoms. The maximum absolute atomic E-state index is 10.8. The van der Waals surface area contributed by atoms with E-state index in [0.717, 1.165) is 0 Å². The topological polar surface area (TPSA) is 84.9 Å². The van der Waals surface area contributed by atoms with E-state index in [9.17, 15) is 9.59 Å². The zero-order chi connectivity index (χ0) is 14.1. The van der Waals surface area contributed by atoms with Crippen LogP contribution in [0.5, 0.6) is 5.75 Å². The van der Waals surface area contributed by atoms with Crippen molar-refractivity contribution in [3.63, 3.8) is 0 Å². The smallest absolute Gasteiger partial charge is 0.305 e. The van der Waals surface area contributed by atoms with E-state index in [1.807, 2.05) is 0 Å². The van der Waals surface area contributed by atoms with E-state index < -0.39 is 5.97 Å². The second-order valence-electron chi connectivity index (χ2n) is 3.81. The first kappa shape index (κ1) is 15.0. The van der Waals surface area contributed by atoms with Crippen LogP contribution in [0.4, 0.5) is 5.69 Å². The molecule has 1 aromatic carbocycles. The first-order chi connectivity index (χ1) is 9.08. The van der Waals surface area contributed by atoms with Crippen LogP contribution in [0.2, 0.25) is 0 Å². The van der Waals surface area contributed by atoms with Crippen molar-refractivity contribution in [2.45, 2.75) is 13.3 Å². The van der Waals surface area contributed by atoms with Gasteiger partial charge in [-0.2, -0.15) is 0 Å². The molecule has 19 heavy (non-hydrogen) atoms. The number of carboxylic acid groups (broad SMARTS) is 1. The number of ether oxygens (including phenoxy) is 2. The molecule has 0 aliphatic rings. The minimum Gasteiger partial charge on any atom is -0.491 e. The molecule has 0 atom stereocenters. The van der Waals surface area contributed by atoms with Crippen LogP contribution in [-0.2, 0) is 14.3 Å². The molecule has 6 nitrogen and oxygen atoms in total. The monoisotopic (exact) mass is 267 g/mol. The summed E-state index contributed by atoms with van der Waals surface area (Å²) in [5.41, 5.74) is 0.706. The van der Waals surface area contributed by atoms with Gasteiger partial charge in [0.2, 0.25) is 5.91 Å². The second-order valence-corrected chi connectivity index (χ2v) is 3.81. The van der Waals surface area contributed by atoms with Gasteiger partial charge in [0.05, 0.1) is 19.6 Å². The first-order valence-corrected chi connectivity index (χ1v) is 5.88. The zero-order valence-electron chi connectivity index (χ0n) is 10.7. The van der Waals surface area contributed by atoms with Gasteiger partial charge in [-0.3, -0.25) is 9.59 Å². The van der Waals surface area contributed by atoms with Crippen LogP contribution in [0.3, 0.4) is 0 Å². The predicted octanol–water partition coefficient (Wildman–Crippen LogP) is 1.52. The summed E-state index contributed by atoms with van der Waals surface area (Å²) in [4.78, 5) is 21.0. The lowest BCUT2D eigenvalue weighted by molar-refractivity contribution is -0.138. The van der Waals surface area contributed by atoms with E-state index in [4.69, 9.17) is 14.6 Å². The number of benzene rings is 1. The molecule has 1 aromatic rings. The number of hydrogen-bond donors (Lipinski definition) is 2. The van der Waals surface area contributed by atoms with Crippen molar-refractivity contribution >= 4 is 17.6 Å². The Labute approximate surface area is 111 Å². The highest BCUT2D eigenvalue weighted by Gasteiger charge is 1.98. The maximum Gasteiger partial charge on any atom is 0.305 e. The van der Waals surface area contributed by atoms with Gasteiger partial charge in [-0.05, 0) is 24.3 Å². The molecule has 0 unspecified atom stereocenters. The summed E-state index contributed by atoms with van der Waals surface area (Å²) in [7, 11) is 0. The molecule has 0 spiro atoms. The van der Waals surface area contributed by atoms with Crippen LogP contribution in [0.1, 0.15) is 13.3 Å². The molecule has 0 aliphatic carbocycles. The molecule has 0 bridgehead atoms. The number of carbonyl (C=O) groups is 2. The van der Waals surface area contributed by atoms with Crippen LogP contribution in [0.25, 0.3) is 0 Å². The van der Waals surface area contributed by atoms with Crippen molar-refractivity contribution in [1.82, 2.24) is 0 Å². The average molecular weight is 267 g/mol. The van der Waals surface area contributed by atoms with E-state index in [0.29, 0.717) is 24.7 Å². The number of carbonyl (C=O) groups excluding carboxylic acids is 1. The van der Waals surface area contributed by atoms with Gasteiger partial charge in [-0.1, -0.05) is 0 Å². The van der Waals surface area contributed by atoms with Gasteiger partial charge in [0, 0.05) is 12.6 Å². The highest BCUT2D eigenvalue weighted by molar-refractivity contribution is 5.88. The van der Waals surface area contributed by atoms with E-state index in [1.54, 1.807) is 24.3 Å². The van der Waals surface area contributed by atoms with Crippen LogP contribution in [0, 0.1) is 0 Å². The van der Waals surface area contributed by atoms with E-state index in [2.05, 4.69) is 5.32 Å². The molecule has 0 fully saturated rings. The van der Waals surface area contributed by atoms with Crippen LogP contribution < -0.4 is 10.1 Å². The minimum atomic E-state index is -0.880. The summed E-state index contributed by atoms with van der Waals surface area (Å²) in [6.45, 7) is 2.30. The molecule has 0 aromatic heterocycles. The standard InChI is InChI=1S/C13H17NO5/c1-10(15)14-11-2-4-12(5-3-11)19-9-8-18-7-6-13(16)17/h2-5H,6-9H2,1H3,(H,14,15)(H,16,17). The van der Waals surface area contributed by atoms with Crippen molar-refractivity contribution in [3.8, 4) is 5.75 Å². The van der Waals surface area contributed by atoms with Gasteiger partial charge < -0.3 is 19.9 Å². The summed E-state index contributed by atoms with van der Waals surface area (Å²) in [6, 6.07) is 6.95. The maximum atomic E-state index is 10.8. The van der Waals surface area contributed by atoms with Crippen molar-refractivity contribution in [2.24, 2.45) is 0 Å². The van der Waals surface area contributed by atoms with Gasteiger partial charge in [-0.15, -0.1) is 0 Å². The highest BCUT2D eigenvalue weighted by Crippen LogP contribution is 2.15. The number of carboxylic acids is 1. The number of hydrogen-bond acceptors (Lipinski definition) is 4. The molecule has 2 N–H and O–H groups in total. The third-order valence-corrected chi connectivity index (χ3v) is 2.13. The van der Waals surface area contributed by atoms with Crippen LogP contribution >= 0.6 is 0 Å². The summed E-state index contributed by atoms with van der Waals surface area (Å²) in [6.07, 6.45) is -0.00852. The Morgan fingerprint density at radius 2 is 1.84 bits per heavy atom. The molecular formula is C13H17NO5. The Morgan fingerprint density at radius 1 is 1.16 bits per heavy atom. The lowest BCUT2D eigenvalue weighted by Crippen LogP contribution is -2.10. The lowest BCUT2D eigenvalue weighted by atomic mass is 10.3. The molecule has 1 rings (SSSR count). The number of aliphatic carboxylic acids is 1. The van der Waals surface area contributed by atoms with Gasteiger partial charge in [0.15, 0.2) is 0 Å². The van der Waals surface area contributed by atoms with Crippen LogP contribution in [-0.4, -0.2) is 36.8 Å². The van der Waals surface area contributed by atoms with E-state index in [1.165, 1.54) is 6.92 Å². The van der Waals surface area contributed by atoms with Crippen molar-refractivity contribution in [1.29, 1.82) is 0 Å². The molecule has 104 valence electrons. The molecule has 0 aliphatic heterocycles. The third-order valence-electron chi connectivity index (χ3n) is 2.13. The third kappa shape index (κ3) is 7.05. The molecule has 1 amide bonds. The number of anilines is 1. The zero-order valence-corrected chi connectivity index (χ0v) is 10.7. The fourth-order valence-electron chi connectivity index (χ4n) is 1.32. The fourth-order valence-corrected chi connectivity index (χ4v) is 1.32. The average Bonchev–Trinajstić information content (AvgIpc) is 2.34. The van der Waals surface area contributed by atoms with Crippen molar-refractivity contribution in [2.75, 3.05) is 25.1 Å². The summed E-state index contributed by atoms with van der Waals surface area (Å²) in [5.74, 6) is -0.342. The van der Waals surface area contributed by atoms with E-state index >= 15 is 0 Å². The largest absolute Gasteiger partial charge is 0.491 e. The normalized spacial score (nSPS) is 9.95. The Balaban J connectivity index is 2.19. The minimum absolute atomic E-state index is 0.00852. The fraction of sp³-hybridized carbons (Fsp3) is 0.385. The molecule has 0 radical (unpaired) electrons. The summed E-state index contributed by atoms with van der Waals surface area (Å²) < 4.78 is 10.5. The van der Waals surface area contributed by atoms with E-state index in [-0.39, 0.29) is 18.9 Å². The molecule has 0 saturated heterocycles. The van der Waals surface area contributed by atoms with Gasteiger partial charge in [0.25, 0.3) is 0 Å². The summed E-state index contributed by atoms with van der Waals surface area (Å²) in [5, 5.41) is 11.0. The number of rotatable bonds is 8. The van der Waals surface area contributed by atoms with Crippen molar-refractivity contribution < 1.29 is 24.2 Å². The van der Waals surface area contributed by atoms with Crippen molar-refractivity contribution in [3.05, 3.63) is 24.3 Å². The van der Waals surface area contributed by atoms with Gasteiger partial charge >= 0.3 is 5.97 Å². The summed E-state index contributed by atoms with van der Waals surface area (Å²) >= 11 is 0. The van der Waals surface area contributed by atoms with Crippen LogP contribution in [0.15, 0.2) is 24.3 Å². The molecule has 0 heterocycles. The quantitative estimate of drug-likeness (QED) is 0.697. The Hall–Kier alpha value is -2.08.